The first kappa shape index (κ1) is 26.1. The van der Waals surface area contributed by atoms with Crippen LogP contribution >= 0.6 is 0 Å². The Morgan fingerprint density at radius 3 is 2.11 bits per heavy atom. The maximum atomic E-state index is 13.4. The van der Waals surface area contributed by atoms with Crippen LogP contribution in [0.3, 0.4) is 0 Å². The van der Waals surface area contributed by atoms with Gasteiger partial charge in [0.2, 0.25) is 11.8 Å². The quantitative estimate of drug-likeness (QED) is 0.493. The van der Waals surface area contributed by atoms with Gasteiger partial charge >= 0.3 is 0 Å². The lowest BCUT2D eigenvalue weighted by Crippen LogP contribution is -2.50. The number of halogens is 1. The number of carbonyl (C=O) groups is 4. The zero-order valence-electron chi connectivity index (χ0n) is 20.4. The van der Waals surface area contributed by atoms with Crippen LogP contribution in [0.1, 0.15) is 72.7 Å². The fourth-order valence-electron chi connectivity index (χ4n) is 4.12. The summed E-state index contributed by atoms with van der Waals surface area (Å²) in [4.78, 5) is 54.1. The van der Waals surface area contributed by atoms with Gasteiger partial charge in [0.05, 0.1) is 11.1 Å². The number of amides is 4. The van der Waals surface area contributed by atoms with E-state index in [1.165, 1.54) is 17.0 Å². The molecule has 1 N–H and O–H groups in total. The average molecular weight is 482 g/mol. The fraction of sp³-hybridized carbons (Fsp3) is 0.407. The first-order valence-electron chi connectivity index (χ1n) is 12.1. The van der Waals surface area contributed by atoms with Crippen molar-refractivity contribution < 1.29 is 23.6 Å². The number of nitrogens with zero attached hydrogens (tertiary/aromatic N) is 2. The van der Waals surface area contributed by atoms with Crippen molar-refractivity contribution in [2.75, 3.05) is 6.54 Å². The molecule has 0 aliphatic carbocycles. The molecule has 1 aliphatic rings. The molecule has 0 spiro atoms. The van der Waals surface area contributed by atoms with Crippen molar-refractivity contribution in [3.63, 3.8) is 0 Å². The van der Waals surface area contributed by atoms with Crippen molar-refractivity contribution in [1.82, 2.24) is 15.1 Å². The largest absolute Gasteiger partial charge is 0.352 e. The van der Waals surface area contributed by atoms with Gasteiger partial charge in [-0.1, -0.05) is 38.1 Å². The molecule has 1 aliphatic heterocycles. The number of nitrogens with one attached hydrogen (secondary N) is 1. The van der Waals surface area contributed by atoms with Crippen LogP contribution in [0.2, 0.25) is 0 Å². The van der Waals surface area contributed by atoms with Crippen LogP contribution in [0.25, 0.3) is 0 Å². The van der Waals surface area contributed by atoms with E-state index in [2.05, 4.69) is 5.32 Å². The monoisotopic (exact) mass is 481 g/mol. The molecule has 8 heteroatoms. The summed E-state index contributed by atoms with van der Waals surface area (Å²) >= 11 is 0. The molecule has 0 saturated heterocycles. The van der Waals surface area contributed by atoms with Gasteiger partial charge in [-0.3, -0.25) is 24.1 Å². The average Bonchev–Trinajstić information content (AvgIpc) is 3.09. The van der Waals surface area contributed by atoms with Crippen molar-refractivity contribution in [3.05, 3.63) is 71.0 Å². The molecule has 2 aromatic rings. The summed E-state index contributed by atoms with van der Waals surface area (Å²) in [7, 11) is 0. The highest BCUT2D eigenvalue weighted by molar-refractivity contribution is 6.21. The molecule has 0 aromatic heterocycles. The molecule has 2 atom stereocenters. The molecular weight excluding hydrogens is 449 g/mol. The predicted molar refractivity (Wildman–Crippen MR) is 130 cm³/mol. The van der Waals surface area contributed by atoms with Gasteiger partial charge < -0.3 is 10.2 Å². The number of benzene rings is 2. The first-order chi connectivity index (χ1) is 16.8. The van der Waals surface area contributed by atoms with Crippen LogP contribution in [0.5, 0.6) is 0 Å². The summed E-state index contributed by atoms with van der Waals surface area (Å²) in [6.07, 6.45) is 1.50. The van der Waals surface area contributed by atoms with Crippen molar-refractivity contribution in [2.24, 2.45) is 0 Å². The minimum Gasteiger partial charge on any atom is -0.352 e. The number of carbonyl (C=O) groups excluding carboxylic acids is 4. The van der Waals surface area contributed by atoms with E-state index >= 15 is 0 Å². The van der Waals surface area contributed by atoms with E-state index in [0.29, 0.717) is 23.1 Å². The van der Waals surface area contributed by atoms with Crippen molar-refractivity contribution in [1.29, 1.82) is 0 Å². The molecule has 4 amide bonds. The van der Waals surface area contributed by atoms with Crippen molar-refractivity contribution in [3.8, 4) is 0 Å². The highest BCUT2D eigenvalue weighted by Gasteiger charge is 2.35. The van der Waals surface area contributed by atoms with Crippen LogP contribution in [0, 0.1) is 5.82 Å². The second-order valence-electron chi connectivity index (χ2n) is 8.80. The molecule has 2 aromatic carbocycles. The van der Waals surface area contributed by atoms with Gasteiger partial charge in [0.25, 0.3) is 11.8 Å². The number of fused-ring (bicyclic) bond motifs is 1. The Kier molecular flexibility index (Phi) is 8.73. The van der Waals surface area contributed by atoms with Gasteiger partial charge in [0.1, 0.15) is 11.9 Å². The third-order valence-electron chi connectivity index (χ3n) is 6.30. The normalized spacial score (nSPS) is 14.5. The molecule has 7 nitrogen and oxygen atoms in total. The number of imide groups is 1. The SMILES string of the molecule is CCC(C)NC(=O)C(CC)N(Cc1ccc(F)cc1)C(=O)CCCN1C(=O)c2ccccc2C1=O. The first-order valence-corrected chi connectivity index (χ1v) is 12.1. The Bertz CT molecular complexity index is 1050. The second kappa shape index (κ2) is 11.7. The van der Waals surface area contributed by atoms with Gasteiger partial charge in [0.15, 0.2) is 0 Å². The topological polar surface area (TPSA) is 86.8 Å². The van der Waals surface area contributed by atoms with Gasteiger partial charge in [0, 0.05) is 25.6 Å². The zero-order valence-corrected chi connectivity index (χ0v) is 20.4. The molecule has 35 heavy (non-hydrogen) atoms. The Labute approximate surface area is 205 Å². The predicted octanol–water partition coefficient (Wildman–Crippen LogP) is 3.92. The Balaban J connectivity index is 1.71. The van der Waals surface area contributed by atoms with Crippen LogP contribution in [-0.4, -0.2) is 52.1 Å². The number of hydrogen-bond donors (Lipinski definition) is 1. The molecule has 1 heterocycles. The van der Waals surface area contributed by atoms with Gasteiger partial charge in [-0.05, 0) is 56.0 Å². The number of hydrogen-bond acceptors (Lipinski definition) is 4. The standard InChI is InChI=1S/C27H32FN3O4/c1-4-18(3)29-25(33)23(5-2)31(17-19-12-14-20(28)15-13-19)24(32)11-8-16-30-26(34)21-9-6-7-10-22(21)27(30)35/h6-7,9-10,12-15,18,23H,4-5,8,11,16-17H2,1-3H3,(H,29,33). The van der Waals surface area contributed by atoms with Crippen LogP contribution in [0.4, 0.5) is 4.39 Å². The third-order valence-corrected chi connectivity index (χ3v) is 6.30. The van der Waals surface area contributed by atoms with E-state index in [9.17, 15) is 23.6 Å². The lowest BCUT2D eigenvalue weighted by atomic mass is 10.1. The Morgan fingerprint density at radius 1 is 0.971 bits per heavy atom. The summed E-state index contributed by atoms with van der Waals surface area (Å²) in [5.74, 6) is -1.61. The lowest BCUT2D eigenvalue weighted by molar-refractivity contribution is -0.141. The molecule has 0 fully saturated rings. The van der Waals surface area contributed by atoms with Crippen molar-refractivity contribution >= 4 is 23.6 Å². The minimum absolute atomic E-state index is 0.0341. The van der Waals surface area contributed by atoms with Crippen LogP contribution < -0.4 is 5.32 Å². The fourth-order valence-corrected chi connectivity index (χ4v) is 4.12. The minimum atomic E-state index is -0.694. The van der Waals surface area contributed by atoms with E-state index in [-0.39, 0.29) is 61.4 Å². The molecule has 2 unspecified atom stereocenters. The lowest BCUT2D eigenvalue weighted by Gasteiger charge is -2.31. The van der Waals surface area contributed by atoms with E-state index < -0.39 is 6.04 Å². The molecule has 0 bridgehead atoms. The van der Waals surface area contributed by atoms with E-state index in [4.69, 9.17) is 0 Å². The Hall–Kier alpha value is -3.55. The number of rotatable bonds is 11. The summed E-state index contributed by atoms with van der Waals surface area (Å²) < 4.78 is 13.4. The van der Waals surface area contributed by atoms with Gasteiger partial charge in [-0.2, -0.15) is 0 Å². The van der Waals surface area contributed by atoms with Crippen LogP contribution in [-0.2, 0) is 16.1 Å². The molecule has 3 rings (SSSR count). The second-order valence-corrected chi connectivity index (χ2v) is 8.80. The van der Waals surface area contributed by atoms with E-state index in [1.807, 2.05) is 20.8 Å². The van der Waals surface area contributed by atoms with Crippen LogP contribution in [0.15, 0.2) is 48.5 Å². The third kappa shape index (κ3) is 6.12. The Morgan fingerprint density at radius 2 is 1.57 bits per heavy atom. The zero-order chi connectivity index (χ0) is 25.5. The van der Waals surface area contributed by atoms with Gasteiger partial charge in [-0.25, -0.2) is 4.39 Å². The molecule has 0 saturated carbocycles. The van der Waals surface area contributed by atoms with E-state index in [0.717, 1.165) is 11.3 Å². The summed E-state index contributed by atoms with van der Waals surface area (Å²) in [6.45, 7) is 5.97. The molecular formula is C27H32FN3O4. The maximum absolute atomic E-state index is 13.4. The summed E-state index contributed by atoms with van der Waals surface area (Å²) in [5, 5.41) is 2.94. The summed E-state index contributed by atoms with van der Waals surface area (Å²) in [6, 6.07) is 11.7. The van der Waals surface area contributed by atoms with Gasteiger partial charge in [-0.15, -0.1) is 0 Å². The molecule has 186 valence electrons. The van der Waals surface area contributed by atoms with Crippen molar-refractivity contribution in [2.45, 2.75) is 65.1 Å². The highest BCUT2D eigenvalue weighted by atomic mass is 19.1. The highest BCUT2D eigenvalue weighted by Crippen LogP contribution is 2.23. The van der Waals surface area contributed by atoms with E-state index in [1.54, 1.807) is 36.4 Å². The summed E-state index contributed by atoms with van der Waals surface area (Å²) in [5.41, 5.74) is 1.44. The maximum Gasteiger partial charge on any atom is 0.261 e. The smallest absolute Gasteiger partial charge is 0.261 e. The molecule has 0 radical (unpaired) electrons.